The van der Waals surface area contributed by atoms with Crippen molar-refractivity contribution in [2.24, 2.45) is 0 Å². The normalized spacial score (nSPS) is 16.5. The highest BCUT2D eigenvalue weighted by Gasteiger charge is 2.34. The monoisotopic (exact) mass is 993 g/mol. The number of hydrogen-bond acceptors (Lipinski definition) is 12. The number of aromatic hydroxyl groups is 2. The van der Waals surface area contributed by atoms with E-state index in [2.05, 4.69) is 33.5 Å². The topological polar surface area (TPSA) is 284 Å². The van der Waals surface area contributed by atoms with Crippen molar-refractivity contribution in [3.05, 3.63) is 47.5 Å². The summed E-state index contributed by atoms with van der Waals surface area (Å²) in [5.41, 5.74) is 0.624. The van der Waals surface area contributed by atoms with Gasteiger partial charge in [0.15, 0.2) is 0 Å². The Morgan fingerprint density at radius 2 is 1.27 bits per heavy atom. The molecular weight excluding hydrogens is 917 g/mol. The van der Waals surface area contributed by atoms with Crippen LogP contribution in [-0.2, 0) is 49.6 Å². The average Bonchev–Trinajstić information content (AvgIpc) is 3.33. The van der Waals surface area contributed by atoms with Crippen molar-refractivity contribution in [2.45, 2.75) is 147 Å². The molecule has 0 aliphatic carbocycles. The van der Waals surface area contributed by atoms with Crippen LogP contribution in [-0.4, -0.2) is 155 Å². The zero-order valence-corrected chi connectivity index (χ0v) is 42.4. The molecule has 2 aromatic rings. The van der Waals surface area contributed by atoms with Crippen LogP contribution < -0.4 is 26.6 Å². The Balaban J connectivity index is 1.67. The van der Waals surface area contributed by atoms with Crippen LogP contribution in [0.1, 0.15) is 128 Å². The summed E-state index contributed by atoms with van der Waals surface area (Å²) < 4.78 is 0. The largest absolute Gasteiger partial charge is 0.507 e. The molecule has 0 fully saturated rings. The Morgan fingerprint density at radius 1 is 0.704 bits per heavy atom. The van der Waals surface area contributed by atoms with Crippen molar-refractivity contribution in [3.8, 4) is 22.6 Å². The van der Waals surface area contributed by atoms with Gasteiger partial charge in [-0.15, -0.1) is 0 Å². The first-order valence-corrected chi connectivity index (χ1v) is 24.7. The number of rotatable bonds is 26. The summed E-state index contributed by atoms with van der Waals surface area (Å²) in [5.74, 6) is -7.67. The Kier molecular flexibility index (Phi) is 24.5. The van der Waals surface area contributed by atoms with E-state index < -0.39 is 97.0 Å². The van der Waals surface area contributed by atoms with Gasteiger partial charge in [-0.2, -0.15) is 0 Å². The lowest BCUT2D eigenvalue weighted by Gasteiger charge is -2.30. The van der Waals surface area contributed by atoms with E-state index in [-0.39, 0.29) is 46.9 Å². The molecule has 0 saturated heterocycles. The van der Waals surface area contributed by atoms with E-state index in [9.17, 15) is 58.5 Å². The summed E-state index contributed by atoms with van der Waals surface area (Å²) in [6, 6.07) is 1.50. The summed E-state index contributed by atoms with van der Waals surface area (Å²) in [6.07, 6.45) is 15.0. The predicted molar refractivity (Wildman–Crippen MR) is 265 cm³/mol. The molecule has 2 unspecified atom stereocenters. The van der Waals surface area contributed by atoms with Crippen LogP contribution in [0, 0.1) is 0 Å². The highest BCUT2D eigenvalue weighted by Crippen LogP contribution is 2.38. The number of phenolic OH excluding ortho intramolecular Hbond substituents is 2. The van der Waals surface area contributed by atoms with Crippen molar-refractivity contribution in [1.29, 1.82) is 0 Å². The molecule has 0 saturated carbocycles. The van der Waals surface area contributed by atoms with E-state index in [4.69, 9.17) is 0 Å². The number of carbonyl (C=O) groups excluding carboxylic acids is 9. The fourth-order valence-electron chi connectivity index (χ4n) is 8.12. The zero-order chi connectivity index (χ0) is 52.8. The molecule has 20 nitrogen and oxygen atoms in total. The quantitative estimate of drug-likeness (QED) is 0.0499. The number of unbranched alkanes of at least 4 members (excludes halogenated alkanes) is 12. The summed E-state index contributed by atoms with van der Waals surface area (Å²) >= 11 is 0. The number of aliphatic hydroxyl groups excluding tert-OH is 1. The fraction of sp³-hybridized carbons (Fsp3) is 0.588. The van der Waals surface area contributed by atoms with Gasteiger partial charge < -0.3 is 56.6 Å². The van der Waals surface area contributed by atoms with E-state index in [1.807, 2.05) is 0 Å². The van der Waals surface area contributed by atoms with Gasteiger partial charge in [0.2, 0.25) is 47.1 Å². The van der Waals surface area contributed by atoms with Gasteiger partial charge in [-0.1, -0.05) is 96.1 Å². The van der Waals surface area contributed by atoms with Gasteiger partial charge in [0.25, 0.3) is 5.91 Å². The second kappa shape index (κ2) is 29.6. The maximum absolute atomic E-state index is 14.1. The van der Waals surface area contributed by atoms with E-state index in [1.165, 1.54) is 130 Å². The first-order valence-electron chi connectivity index (χ1n) is 24.7. The maximum Gasteiger partial charge on any atom is 0.291 e. The lowest BCUT2D eigenvalue weighted by atomic mass is 9.93. The second-order valence-electron chi connectivity index (χ2n) is 18.5. The number of benzene rings is 2. The molecule has 0 aromatic heterocycles. The summed E-state index contributed by atoms with van der Waals surface area (Å²) in [6.45, 7) is 2.85. The van der Waals surface area contributed by atoms with Gasteiger partial charge in [-0.3, -0.25) is 43.2 Å². The summed E-state index contributed by atoms with van der Waals surface area (Å²) in [5, 5.41) is 44.4. The minimum absolute atomic E-state index is 0.0365. The Hall–Kier alpha value is -6.57. The molecule has 0 radical (unpaired) electrons. The van der Waals surface area contributed by atoms with Crippen molar-refractivity contribution in [1.82, 2.24) is 41.3 Å². The number of ketones is 1. The fourth-order valence-corrected chi connectivity index (χ4v) is 8.12. The highest BCUT2D eigenvalue weighted by molar-refractivity contribution is 6.37. The van der Waals surface area contributed by atoms with E-state index in [1.54, 1.807) is 0 Å². The summed E-state index contributed by atoms with van der Waals surface area (Å²) in [4.78, 5) is 122. The summed E-state index contributed by atoms with van der Waals surface area (Å²) in [7, 11) is 5.42. The Bertz CT molecular complexity index is 2180. The minimum atomic E-state index is -1.52. The number of amides is 8. The smallest absolute Gasteiger partial charge is 0.291 e. The number of Topliss-reactive ketones (excluding diaryl/α,β-unsaturated/α-hetero) is 1. The molecule has 1 aliphatic heterocycles. The molecule has 1 heterocycles. The van der Waals surface area contributed by atoms with Gasteiger partial charge in [0.05, 0.1) is 19.7 Å². The van der Waals surface area contributed by atoms with E-state index in [0.717, 1.165) is 40.4 Å². The highest BCUT2D eigenvalue weighted by atomic mass is 16.3. The van der Waals surface area contributed by atoms with Crippen molar-refractivity contribution >= 4 is 53.0 Å². The maximum atomic E-state index is 14.1. The number of hydrogen-bond donors (Lipinski definition) is 8. The first-order chi connectivity index (χ1) is 33.7. The Labute approximate surface area is 417 Å². The van der Waals surface area contributed by atoms with Gasteiger partial charge in [-0.25, -0.2) is 0 Å². The molecule has 8 N–H and O–H groups in total. The van der Waals surface area contributed by atoms with Gasteiger partial charge in [0, 0.05) is 52.2 Å². The third-order valence-electron chi connectivity index (χ3n) is 12.6. The lowest BCUT2D eigenvalue weighted by Crippen LogP contribution is -2.56. The number of carbonyl (C=O) groups is 9. The molecule has 4 bridgehead atoms. The van der Waals surface area contributed by atoms with Gasteiger partial charge >= 0.3 is 0 Å². The minimum Gasteiger partial charge on any atom is -0.507 e. The van der Waals surface area contributed by atoms with Crippen LogP contribution in [0.5, 0.6) is 11.5 Å². The van der Waals surface area contributed by atoms with Crippen molar-refractivity contribution < 1.29 is 58.5 Å². The number of nitrogens with zero attached hydrogens (tertiary/aromatic N) is 3. The average molecular weight is 993 g/mol. The van der Waals surface area contributed by atoms with Crippen molar-refractivity contribution in [3.63, 3.8) is 0 Å². The molecule has 0 spiro atoms. The number of aliphatic hydroxyl groups is 1. The third kappa shape index (κ3) is 18.3. The molecule has 8 amide bonds. The van der Waals surface area contributed by atoms with Crippen LogP contribution in [0.3, 0.4) is 0 Å². The molecule has 71 heavy (non-hydrogen) atoms. The van der Waals surface area contributed by atoms with Gasteiger partial charge in [-0.05, 0) is 55.7 Å². The lowest BCUT2D eigenvalue weighted by molar-refractivity contribution is -0.143. The van der Waals surface area contributed by atoms with Crippen LogP contribution in [0.4, 0.5) is 0 Å². The van der Waals surface area contributed by atoms with Crippen molar-refractivity contribution in [2.75, 3.05) is 47.9 Å². The van der Waals surface area contributed by atoms with E-state index in [0.29, 0.717) is 12.0 Å². The van der Waals surface area contributed by atoms with Crippen LogP contribution in [0.15, 0.2) is 36.4 Å². The zero-order valence-electron chi connectivity index (χ0n) is 42.4. The standard InChI is InChI=1S/C51H76N8O12/c1-8-9-10-11-12-13-14-15-16-17-18-19-20-21-43(64)58(6)39(31-60)49(69)54-32(2)46(66)53-30-44(65)59(7)45-35-23-25-41(62)37(28-35)36-26-34(22-24-40(36)61)27-38(56-47(67)33(3)55-50(45)70)48(68)52-29-42(63)51(71)57(4)5/h22-26,28,32-33,38-39,45,60-62H,8-21,27,29-31H2,1-7H3,(H,52,68)(H,53,66)(H,54,69)(H,55,70)(H,56,67)/t32-,33+,38?,39?,45+/m1/s1. The molecule has 2 aromatic carbocycles. The third-order valence-corrected chi connectivity index (χ3v) is 12.6. The SMILES string of the molecule is CCCCCCCCCCCCCCCC(=O)N(C)C(CO)C(=O)N[C@H](C)C(=O)NCC(=O)N(C)[C@@H]1C(=O)N[C@@H](C)C(=O)NC(C(=O)NCC(=O)C(=O)N(C)C)Cc2ccc(O)c(c2)-c2cc1ccc2O. The first kappa shape index (κ1) is 58.7. The molecule has 3 rings (SSSR count). The van der Waals surface area contributed by atoms with E-state index >= 15 is 0 Å². The molecular formula is C51H76N8O12. The molecule has 5 atom stereocenters. The van der Waals surface area contributed by atoms with Crippen LogP contribution in [0.25, 0.3) is 11.1 Å². The van der Waals surface area contributed by atoms with Crippen LogP contribution in [0.2, 0.25) is 0 Å². The Morgan fingerprint density at radius 3 is 1.85 bits per heavy atom. The van der Waals surface area contributed by atoms with Gasteiger partial charge in [0.1, 0.15) is 41.7 Å². The number of nitrogens with one attached hydrogen (secondary N) is 5. The molecule has 1 aliphatic rings. The van der Waals surface area contributed by atoms with Crippen LogP contribution >= 0.6 is 0 Å². The number of fused-ring (bicyclic) bond motifs is 5. The number of phenols is 2. The molecule has 392 valence electrons. The predicted octanol–water partition coefficient (Wildman–Crippen LogP) is 2.50. The number of likely N-dealkylation sites (N-methyl/N-ethyl adjacent to an activating group) is 3. The second-order valence-corrected chi connectivity index (χ2v) is 18.5. The molecule has 20 heteroatoms.